The molecule has 0 saturated carbocycles. The highest BCUT2D eigenvalue weighted by atomic mass is 32.1. The molecule has 198 valence electrons. The fraction of sp³-hybridized carbons (Fsp3) is 0.429. The Morgan fingerprint density at radius 2 is 1.81 bits per heavy atom. The number of rotatable bonds is 13. The zero-order valence-electron chi connectivity index (χ0n) is 21.5. The molecule has 1 aromatic carbocycles. The van der Waals surface area contributed by atoms with Crippen molar-refractivity contribution in [3.05, 3.63) is 82.3 Å². The minimum Gasteiger partial charge on any atom is -0.383 e. The molecule has 0 radical (unpaired) electrons. The van der Waals surface area contributed by atoms with Crippen LogP contribution in [-0.4, -0.2) is 97.3 Å². The summed E-state index contributed by atoms with van der Waals surface area (Å²) in [6.45, 7) is 6.39. The molecule has 3 aromatic rings. The highest BCUT2D eigenvalue weighted by Gasteiger charge is 2.24. The van der Waals surface area contributed by atoms with Crippen molar-refractivity contribution < 1.29 is 19.1 Å². The Morgan fingerprint density at radius 1 is 1.00 bits per heavy atom. The van der Waals surface area contributed by atoms with Gasteiger partial charge in [0.2, 0.25) is 5.91 Å². The number of carbonyl (C=O) groups excluding carboxylic acids is 2. The fourth-order valence-electron chi connectivity index (χ4n) is 4.38. The van der Waals surface area contributed by atoms with E-state index in [9.17, 15) is 9.59 Å². The molecular weight excluding hydrogens is 488 g/mol. The second-order valence-electron chi connectivity index (χ2n) is 9.08. The van der Waals surface area contributed by atoms with Gasteiger partial charge in [-0.2, -0.15) is 0 Å². The molecular formula is C28H36N4O4S. The zero-order valence-corrected chi connectivity index (χ0v) is 22.3. The van der Waals surface area contributed by atoms with Crippen LogP contribution in [0.1, 0.15) is 20.9 Å². The Bertz CT molecular complexity index is 1100. The predicted molar refractivity (Wildman–Crippen MR) is 145 cm³/mol. The molecule has 8 nitrogen and oxygen atoms in total. The largest absolute Gasteiger partial charge is 0.383 e. The first kappa shape index (κ1) is 27.1. The van der Waals surface area contributed by atoms with Gasteiger partial charge in [-0.3, -0.25) is 14.5 Å². The van der Waals surface area contributed by atoms with Gasteiger partial charge in [0.15, 0.2) is 0 Å². The first-order chi connectivity index (χ1) is 18.1. The van der Waals surface area contributed by atoms with E-state index in [0.717, 1.165) is 25.3 Å². The number of carbonyl (C=O) groups is 2. The van der Waals surface area contributed by atoms with Crippen molar-refractivity contribution in [2.75, 3.05) is 66.2 Å². The standard InChI is InChI=1S/C28H36N4O4S/c1-35-17-16-31(22-25-9-5-11-30(25)21-24-7-3-2-4-8-24)27(33)23-32(28(34)26-10-6-20-37-26)13-12-29-14-18-36-19-15-29/h2-11,20H,12-19,21-23H2,1H3. The number of aromatic nitrogens is 1. The van der Waals surface area contributed by atoms with Gasteiger partial charge < -0.3 is 23.8 Å². The molecule has 1 saturated heterocycles. The third-order valence-corrected chi connectivity index (χ3v) is 7.38. The lowest BCUT2D eigenvalue weighted by Gasteiger charge is -2.31. The predicted octanol–water partition coefficient (Wildman–Crippen LogP) is 3.05. The van der Waals surface area contributed by atoms with E-state index in [1.54, 1.807) is 16.9 Å². The monoisotopic (exact) mass is 524 g/mol. The van der Waals surface area contributed by atoms with Crippen molar-refractivity contribution in [1.29, 1.82) is 0 Å². The summed E-state index contributed by atoms with van der Waals surface area (Å²) in [5.74, 6) is -0.188. The number of amides is 2. The molecule has 0 N–H and O–H groups in total. The Hall–Kier alpha value is -2.98. The van der Waals surface area contributed by atoms with Crippen LogP contribution in [0.5, 0.6) is 0 Å². The fourth-order valence-corrected chi connectivity index (χ4v) is 5.07. The maximum atomic E-state index is 13.6. The molecule has 0 spiro atoms. The average Bonchev–Trinajstić information content (AvgIpc) is 3.62. The topological polar surface area (TPSA) is 67.2 Å². The number of morpholine rings is 1. The SMILES string of the molecule is COCCN(Cc1cccn1Cc1ccccc1)C(=O)CN(CCN1CCOCC1)C(=O)c1cccs1. The number of methoxy groups -OCH3 is 1. The number of nitrogens with zero attached hydrogens (tertiary/aromatic N) is 4. The lowest BCUT2D eigenvalue weighted by Crippen LogP contribution is -2.47. The van der Waals surface area contributed by atoms with Gasteiger partial charge in [-0.05, 0) is 29.1 Å². The normalized spacial score (nSPS) is 14.0. The average molecular weight is 525 g/mol. The maximum Gasteiger partial charge on any atom is 0.264 e. The highest BCUT2D eigenvalue weighted by Crippen LogP contribution is 2.15. The van der Waals surface area contributed by atoms with E-state index in [1.165, 1.54) is 16.9 Å². The second-order valence-corrected chi connectivity index (χ2v) is 10.0. The van der Waals surface area contributed by atoms with E-state index in [1.807, 2.05) is 54.0 Å². The molecule has 1 aliphatic rings. The van der Waals surface area contributed by atoms with Crippen LogP contribution in [0.15, 0.2) is 66.2 Å². The summed E-state index contributed by atoms with van der Waals surface area (Å²) in [5.41, 5.74) is 2.24. The number of hydrogen-bond acceptors (Lipinski definition) is 6. The van der Waals surface area contributed by atoms with Crippen LogP contribution >= 0.6 is 11.3 Å². The maximum absolute atomic E-state index is 13.6. The summed E-state index contributed by atoms with van der Waals surface area (Å²) >= 11 is 1.40. The molecule has 1 fully saturated rings. The zero-order chi connectivity index (χ0) is 25.9. The van der Waals surface area contributed by atoms with Gasteiger partial charge in [-0.1, -0.05) is 36.4 Å². The summed E-state index contributed by atoms with van der Waals surface area (Å²) in [6, 6.07) is 18.0. The molecule has 9 heteroatoms. The van der Waals surface area contributed by atoms with Crippen molar-refractivity contribution in [3.8, 4) is 0 Å². The van der Waals surface area contributed by atoms with Gasteiger partial charge >= 0.3 is 0 Å². The van der Waals surface area contributed by atoms with Gasteiger partial charge in [0.05, 0.1) is 31.2 Å². The van der Waals surface area contributed by atoms with Crippen LogP contribution in [0.25, 0.3) is 0 Å². The van der Waals surface area contributed by atoms with E-state index < -0.39 is 0 Å². The van der Waals surface area contributed by atoms with Crippen molar-refractivity contribution in [2.45, 2.75) is 13.1 Å². The van der Waals surface area contributed by atoms with Crippen LogP contribution < -0.4 is 0 Å². The Balaban J connectivity index is 1.45. The van der Waals surface area contributed by atoms with Gasteiger partial charge in [-0.25, -0.2) is 0 Å². The molecule has 0 unspecified atom stereocenters. The molecule has 0 aliphatic carbocycles. The summed E-state index contributed by atoms with van der Waals surface area (Å²) in [4.78, 5) is 33.3. The number of hydrogen-bond donors (Lipinski definition) is 0. The summed E-state index contributed by atoms with van der Waals surface area (Å²) in [5, 5.41) is 1.89. The number of benzene rings is 1. The lowest BCUT2D eigenvalue weighted by atomic mass is 10.2. The molecule has 2 amide bonds. The van der Waals surface area contributed by atoms with E-state index in [0.29, 0.717) is 50.9 Å². The molecule has 4 rings (SSSR count). The quantitative estimate of drug-likeness (QED) is 0.344. The first-order valence-electron chi connectivity index (χ1n) is 12.7. The smallest absolute Gasteiger partial charge is 0.264 e. The third kappa shape index (κ3) is 8.00. The van der Waals surface area contributed by atoms with E-state index in [4.69, 9.17) is 9.47 Å². The van der Waals surface area contributed by atoms with Gasteiger partial charge in [0.25, 0.3) is 5.91 Å². The van der Waals surface area contributed by atoms with Crippen molar-refractivity contribution >= 4 is 23.2 Å². The molecule has 37 heavy (non-hydrogen) atoms. The molecule has 3 heterocycles. The summed E-state index contributed by atoms with van der Waals surface area (Å²) in [7, 11) is 1.63. The minimum atomic E-state index is -0.101. The molecule has 0 atom stereocenters. The van der Waals surface area contributed by atoms with E-state index >= 15 is 0 Å². The summed E-state index contributed by atoms with van der Waals surface area (Å²) < 4.78 is 12.9. The Labute approximate surface area is 223 Å². The lowest BCUT2D eigenvalue weighted by molar-refractivity contribution is -0.133. The van der Waals surface area contributed by atoms with Crippen LogP contribution in [0, 0.1) is 0 Å². The van der Waals surface area contributed by atoms with Crippen LogP contribution in [0.3, 0.4) is 0 Å². The van der Waals surface area contributed by atoms with E-state index in [-0.39, 0.29) is 18.4 Å². The van der Waals surface area contributed by atoms with Crippen LogP contribution in [0.2, 0.25) is 0 Å². The highest BCUT2D eigenvalue weighted by molar-refractivity contribution is 7.12. The third-order valence-electron chi connectivity index (χ3n) is 6.53. The second kappa shape index (κ2) is 14.1. The summed E-state index contributed by atoms with van der Waals surface area (Å²) in [6.07, 6.45) is 2.04. The first-order valence-corrected chi connectivity index (χ1v) is 13.6. The van der Waals surface area contributed by atoms with Gasteiger partial charge in [-0.15, -0.1) is 11.3 Å². The van der Waals surface area contributed by atoms with Crippen LogP contribution in [-0.2, 0) is 27.4 Å². The van der Waals surface area contributed by atoms with Crippen molar-refractivity contribution in [3.63, 3.8) is 0 Å². The Morgan fingerprint density at radius 3 is 2.54 bits per heavy atom. The van der Waals surface area contributed by atoms with Gasteiger partial charge in [0.1, 0.15) is 6.54 Å². The minimum absolute atomic E-state index is 0.0319. The molecule has 2 aromatic heterocycles. The molecule has 0 bridgehead atoms. The number of ether oxygens (including phenoxy) is 2. The van der Waals surface area contributed by atoms with E-state index in [2.05, 4.69) is 21.6 Å². The van der Waals surface area contributed by atoms with Gasteiger partial charge in [0, 0.05) is 58.3 Å². The number of thiophene rings is 1. The Kier molecular flexibility index (Phi) is 10.3. The van der Waals surface area contributed by atoms with Crippen molar-refractivity contribution in [2.24, 2.45) is 0 Å². The van der Waals surface area contributed by atoms with Crippen LogP contribution in [0.4, 0.5) is 0 Å². The molecule has 1 aliphatic heterocycles. The van der Waals surface area contributed by atoms with Crippen molar-refractivity contribution in [1.82, 2.24) is 19.3 Å².